The molecule has 19 heavy (non-hydrogen) atoms. The van der Waals surface area contributed by atoms with Crippen LogP contribution in [0.15, 0.2) is 24.3 Å². The smallest absolute Gasteiger partial charge is 0.312 e. The number of hydrogen-bond acceptors (Lipinski definition) is 3. The fourth-order valence-electron chi connectivity index (χ4n) is 2.03. The molecule has 2 N–H and O–H groups in total. The zero-order valence-corrected chi connectivity index (χ0v) is 10.7. The van der Waals surface area contributed by atoms with Crippen LogP contribution in [-0.2, 0) is 9.59 Å². The molecule has 1 atom stereocenters. The van der Waals surface area contributed by atoms with Gasteiger partial charge in [-0.05, 0) is 17.7 Å². The molecule has 0 aromatic heterocycles. The third-order valence-electron chi connectivity index (χ3n) is 3.22. The van der Waals surface area contributed by atoms with Crippen molar-refractivity contribution >= 4 is 11.8 Å². The van der Waals surface area contributed by atoms with Crippen molar-refractivity contribution in [3.05, 3.63) is 35.6 Å². The molecule has 2 rings (SSSR count). The zero-order valence-electron chi connectivity index (χ0n) is 10.7. The molecule has 1 fully saturated rings. The second kappa shape index (κ2) is 5.36. The van der Waals surface area contributed by atoms with Gasteiger partial charge in [-0.2, -0.15) is 0 Å². The molecule has 2 amide bonds. The van der Waals surface area contributed by atoms with Crippen molar-refractivity contribution in [1.82, 2.24) is 9.80 Å². The van der Waals surface area contributed by atoms with Crippen molar-refractivity contribution in [3.63, 3.8) is 0 Å². The molecule has 1 aliphatic heterocycles. The lowest BCUT2D eigenvalue weighted by Gasteiger charge is -2.33. The van der Waals surface area contributed by atoms with E-state index in [9.17, 15) is 14.0 Å². The number of rotatable bonds is 3. The van der Waals surface area contributed by atoms with Crippen molar-refractivity contribution in [2.24, 2.45) is 5.73 Å². The highest BCUT2D eigenvalue weighted by Crippen LogP contribution is 2.15. The Hall–Kier alpha value is -1.95. The van der Waals surface area contributed by atoms with Gasteiger partial charge in [0, 0.05) is 32.7 Å². The third-order valence-corrected chi connectivity index (χ3v) is 3.22. The summed E-state index contributed by atoms with van der Waals surface area (Å²) in [6.07, 6.45) is 0. The molecule has 1 aromatic rings. The first-order valence-corrected chi connectivity index (χ1v) is 6.04. The summed E-state index contributed by atoms with van der Waals surface area (Å²) in [5.74, 6) is -1.45. The lowest BCUT2D eigenvalue weighted by Crippen LogP contribution is -2.54. The lowest BCUT2D eigenvalue weighted by molar-refractivity contribution is -0.155. The Labute approximate surface area is 110 Å². The number of carbonyl (C=O) groups excluding carboxylic acids is 2. The normalized spacial score (nSPS) is 17.8. The van der Waals surface area contributed by atoms with Gasteiger partial charge in [-0.1, -0.05) is 12.1 Å². The maximum atomic E-state index is 13.1. The molecule has 1 unspecified atom stereocenters. The summed E-state index contributed by atoms with van der Waals surface area (Å²) in [6.45, 7) is 1.15. The molecule has 1 heterocycles. The average Bonchev–Trinajstić information content (AvgIpc) is 2.39. The first-order valence-electron chi connectivity index (χ1n) is 6.04. The van der Waals surface area contributed by atoms with Crippen molar-refractivity contribution in [1.29, 1.82) is 0 Å². The summed E-state index contributed by atoms with van der Waals surface area (Å²) in [6, 6.07) is 5.45. The van der Waals surface area contributed by atoms with Gasteiger partial charge in [0.1, 0.15) is 5.82 Å². The lowest BCUT2D eigenvalue weighted by atomic mass is 10.1. The molecule has 0 spiro atoms. The van der Waals surface area contributed by atoms with Crippen LogP contribution in [0.5, 0.6) is 0 Å². The number of piperazine rings is 1. The van der Waals surface area contributed by atoms with E-state index in [1.54, 1.807) is 19.2 Å². The molecule has 6 heteroatoms. The number of likely N-dealkylation sites (N-methyl/N-ethyl adjacent to an activating group) is 1. The number of nitrogens with two attached hydrogens (primary N) is 1. The zero-order chi connectivity index (χ0) is 14.0. The molecule has 1 aromatic carbocycles. The molecule has 1 aliphatic rings. The molecule has 0 radical (unpaired) electrons. The standard InChI is InChI=1S/C13H16FN3O2/c1-16-5-6-17(13(19)12(16)18)8-11(15)9-3-2-4-10(14)7-9/h2-4,7,11H,5-6,8,15H2,1H3. The van der Waals surface area contributed by atoms with E-state index in [0.29, 0.717) is 18.7 Å². The van der Waals surface area contributed by atoms with Crippen LogP contribution in [0.25, 0.3) is 0 Å². The predicted octanol–water partition coefficient (Wildman–Crippen LogP) is 0.126. The van der Waals surface area contributed by atoms with Crippen molar-refractivity contribution in [2.45, 2.75) is 6.04 Å². The van der Waals surface area contributed by atoms with E-state index in [-0.39, 0.29) is 12.4 Å². The van der Waals surface area contributed by atoms with Gasteiger partial charge in [-0.3, -0.25) is 9.59 Å². The maximum absolute atomic E-state index is 13.1. The van der Waals surface area contributed by atoms with Crippen LogP contribution in [0, 0.1) is 5.82 Å². The predicted molar refractivity (Wildman–Crippen MR) is 67.5 cm³/mol. The molecule has 1 saturated heterocycles. The molecule has 0 saturated carbocycles. The number of benzene rings is 1. The van der Waals surface area contributed by atoms with Crippen molar-refractivity contribution < 1.29 is 14.0 Å². The summed E-state index contributed by atoms with van der Waals surface area (Å²) < 4.78 is 13.1. The summed E-state index contributed by atoms with van der Waals surface area (Å²) in [5, 5.41) is 0. The summed E-state index contributed by atoms with van der Waals surface area (Å²) in [7, 11) is 1.59. The fraction of sp³-hybridized carbons (Fsp3) is 0.385. The van der Waals surface area contributed by atoms with Crippen LogP contribution in [0.3, 0.4) is 0 Å². The van der Waals surface area contributed by atoms with Crippen LogP contribution in [0.2, 0.25) is 0 Å². The van der Waals surface area contributed by atoms with Crippen LogP contribution in [0.4, 0.5) is 4.39 Å². The van der Waals surface area contributed by atoms with Gasteiger partial charge < -0.3 is 15.5 Å². The minimum Gasteiger partial charge on any atom is -0.336 e. The van der Waals surface area contributed by atoms with Gasteiger partial charge in [0.25, 0.3) is 0 Å². The SMILES string of the molecule is CN1CCN(CC(N)c2cccc(F)c2)C(=O)C1=O. The molecular weight excluding hydrogens is 249 g/mol. The first kappa shape index (κ1) is 13.5. The van der Waals surface area contributed by atoms with E-state index in [2.05, 4.69) is 0 Å². The van der Waals surface area contributed by atoms with E-state index in [1.807, 2.05) is 0 Å². The molecular formula is C13H16FN3O2. The van der Waals surface area contributed by atoms with Gasteiger partial charge in [-0.15, -0.1) is 0 Å². The van der Waals surface area contributed by atoms with E-state index >= 15 is 0 Å². The minimum atomic E-state index is -0.555. The average molecular weight is 265 g/mol. The van der Waals surface area contributed by atoms with E-state index in [0.717, 1.165) is 0 Å². The Morgan fingerprint density at radius 2 is 2.05 bits per heavy atom. The highest BCUT2D eigenvalue weighted by atomic mass is 19.1. The third kappa shape index (κ3) is 2.90. The van der Waals surface area contributed by atoms with Crippen molar-refractivity contribution in [2.75, 3.05) is 26.7 Å². The van der Waals surface area contributed by atoms with Gasteiger partial charge in [-0.25, -0.2) is 4.39 Å². The Morgan fingerprint density at radius 3 is 2.74 bits per heavy atom. The quantitative estimate of drug-likeness (QED) is 0.790. The van der Waals surface area contributed by atoms with Gasteiger partial charge in [0.15, 0.2) is 0 Å². The van der Waals surface area contributed by atoms with Crippen molar-refractivity contribution in [3.8, 4) is 0 Å². The molecule has 102 valence electrons. The Bertz CT molecular complexity index is 506. The summed E-state index contributed by atoms with van der Waals surface area (Å²) in [5.41, 5.74) is 6.56. The number of nitrogens with zero attached hydrogens (tertiary/aromatic N) is 2. The fourth-order valence-corrected chi connectivity index (χ4v) is 2.03. The second-order valence-corrected chi connectivity index (χ2v) is 4.64. The monoisotopic (exact) mass is 265 g/mol. The van der Waals surface area contributed by atoms with Crippen LogP contribution < -0.4 is 5.73 Å². The Kier molecular flexibility index (Phi) is 3.80. The van der Waals surface area contributed by atoms with Crippen LogP contribution >= 0.6 is 0 Å². The van der Waals surface area contributed by atoms with E-state index in [4.69, 9.17) is 5.73 Å². The topological polar surface area (TPSA) is 66.6 Å². The number of carbonyl (C=O) groups is 2. The first-order chi connectivity index (χ1) is 8.99. The Balaban J connectivity index is 2.05. The molecule has 0 aliphatic carbocycles. The second-order valence-electron chi connectivity index (χ2n) is 4.64. The van der Waals surface area contributed by atoms with Gasteiger partial charge >= 0.3 is 11.8 Å². The largest absolute Gasteiger partial charge is 0.336 e. The minimum absolute atomic E-state index is 0.210. The summed E-state index contributed by atoms with van der Waals surface area (Å²) in [4.78, 5) is 26.1. The number of halogens is 1. The molecule has 0 bridgehead atoms. The highest BCUT2D eigenvalue weighted by Gasteiger charge is 2.31. The van der Waals surface area contributed by atoms with Gasteiger partial charge in [0.05, 0.1) is 0 Å². The highest BCUT2D eigenvalue weighted by molar-refractivity contribution is 6.35. The van der Waals surface area contributed by atoms with E-state index in [1.165, 1.54) is 21.9 Å². The van der Waals surface area contributed by atoms with Gasteiger partial charge in [0.2, 0.25) is 0 Å². The molecule has 5 nitrogen and oxygen atoms in total. The Morgan fingerprint density at radius 1 is 1.32 bits per heavy atom. The van der Waals surface area contributed by atoms with Crippen LogP contribution in [0.1, 0.15) is 11.6 Å². The maximum Gasteiger partial charge on any atom is 0.312 e. The van der Waals surface area contributed by atoms with Crippen LogP contribution in [-0.4, -0.2) is 48.3 Å². The number of amides is 2. The summed E-state index contributed by atoms with van der Waals surface area (Å²) >= 11 is 0. The number of hydrogen-bond donors (Lipinski definition) is 1. The van der Waals surface area contributed by atoms with E-state index < -0.39 is 17.9 Å².